The highest BCUT2D eigenvalue weighted by molar-refractivity contribution is 5.73. The fourth-order valence-electron chi connectivity index (χ4n) is 1.33. The second kappa shape index (κ2) is 7.76. The molecule has 0 radical (unpaired) electrons. The molecule has 0 aromatic carbocycles. The maximum Gasteiger partial charge on any atom is 0.320 e. The van der Waals surface area contributed by atoms with Gasteiger partial charge in [-0.2, -0.15) is 0 Å². The van der Waals surface area contributed by atoms with Crippen molar-refractivity contribution in [2.24, 2.45) is 0 Å². The summed E-state index contributed by atoms with van der Waals surface area (Å²) in [6.07, 6.45) is 2.63. The lowest BCUT2D eigenvalue weighted by molar-refractivity contribution is -0.140. The molecule has 0 heterocycles. The van der Waals surface area contributed by atoms with E-state index in [9.17, 15) is 4.79 Å². The third-order valence-electron chi connectivity index (χ3n) is 2.05. The summed E-state index contributed by atoms with van der Waals surface area (Å²) in [6, 6.07) is -0.363. The molecule has 0 amide bonds. The minimum atomic E-state index is -0.776. The molecule has 0 aliphatic carbocycles. The molecule has 0 rings (SSSR count). The topological polar surface area (TPSA) is 58.6 Å². The van der Waals surface area contributed by atoms with E-state index < -0.39 is 12.0 Å². The van der Waals surface area contributed by atoms with Crippen LogP contribution in [0.2, 0.25) is 0 Å². The van der Waals surface area contributed by atoms with Crippen LogP contribution < -0.4 is 5.32 Å². The zero-order valence-electron chi connectivity index (χ0n) is 9.25. The highest BCUT2D eigenvalue weighted by Gasteiger charge is 2.18. The molecular weight excluding hydrogens is 182 g/mol. The second-order valence-corrected chi connectivity index (χ2v) is 3.56. The molecule has 2 atom stereocenters. The van der Waals surface area contributed by atoms with Crippen LogP contribution in [-0.4, -0.2) is 36.9 Å². The summed E-state index contributed by atoms with van der Waals surface area (Å²) < 4.78 is 4.93. The lowest BCUT2D eigenvalue weighted by Crippen LogP contribution is -2.43. The first-order valence-corrected chi connectivity index (χ1v) is 5.09. The molecule has 0 aromatic heterocycles. The molecular formula is C10H21NO3. The molecule has 0 spiro atoms. The van der Waals surface area contributed by atoms with Gasteiger partial charge in [-0.15, -0.1) is 0 Å². The van der Waals surface area contributed by atoms with Gasteiger partial charge in [-0.05, 0) is 13.3 Å². The Bertz CT molecular complexity index is 161. The van der Waals surface area contributed by atoms with Gasteiger partial charge in [-0.3, -0.25) is 10.1 Å². The summed E-state index contributed by atoms with van der Waals surface area (Å²) in [5.74, 6) is -0.776. The van der Waals surface area contributed by atoms with Crippen LogP contribution in [0, 0.1) is 0 Å². The number of hydrogen-bond acceptors (Lipinski definition) is 3. The standard InChI is InChI=1S/C10H21NO3/c1-4-5-6-9(10(12)13)11-8(2)7-14-3/h8-9,11H,4-7H2,1-3H3,(H,12,13). The number of ether oxygens (including phenoxy) is 1. The minimum absolute atomic E-state index is 0.0814. The van der Waals surface area contributed by atoms with Crippen molar-refractivity contribution in [1.82, 2.24) is 5.32 Å². The van der Waals surface area contributed by atoms with Gasteiger partial charge in [0, 0.05) is 13.2 Å². The van der Waals surface area contributed by atoms with Crippen molar-refractivity contribution in [3.05, 3.63) is 0 Å². The third kappa shape index (κ3) is 5.94. The first-order chi connectivity index (χ1) is 6.61. The van der Waals surface area contributed by atoms with E-state index in [0.29, 0.717) is 13.0 Å². The maximum absolute atomic E-state index is 10.8. The molecule has 0 saturated carbocycles. The molecule has 0 bridgehead atoms. The van der Waals surface area contributed by atoms with E-state index in [1.54, 1.807) is 7.11 Å². The van der Waals surface area contributed by atoms with Crippen LogP contribution in [0.25, 0.3) is 0 Å². The van der Waals surface area contributed by atoms with Gasteiger partial charge in [-0.1, -0.05) is 19.8 Å². The van der Waals surface area contributed by atoms with Gasteiger partial charge in [0.05, 0.1) is 6.61 Å². The van der Waals surface area contributed by atoms with Crippen molar-refractivity contribution >= 4 is 5.97 Å². The van der Waals surface area contributed by atoms with Gasteiger partial charge < -0.3 is 9.84 Å². The van der Waals surface area contributed by atoms with Gasteiger partial charge in [0.1, 0.15) is 6.04 Å². The normalized spacial score (nSPS) is 15.1. The molecule has 84 valence electrons. The number of carboxylic acid groups (broad SMARTS) is 1. The first kappa shape index (κ1) is 13.4. The van der Waals surface area contributed by atoms with Crippen molar-refractivity contribution in [2.45, 2.75) is 45.2 Å². The second-order valence-electron chi connectivity index (χ2n) is 3.56. The fourth-order valence-corrected chi connectivity index (χ4v) is 1.33. The number of rotatable bonds is 8. The Balaban J connectivity index is 3.89. The molecule has 4 heteroatoms. The Hall–Kier alpha value is -0.610. The number of hydrogen-bond donors (Lipinski definition) is 2. The molecule has 0 aliphatic heterocycles. The van der Waals surface area contributed by atoms with E-state index in [2.05, 4.69) is 12.2 Å². The Morgan fingerprint density at radius 1 is 1.57 bits per heavy atom. The summed E-state index contributed by atoms with van der Waals surface area (Å²) in [4.78, 5) is 10.8. The average molecular weight is 203 g/mol. The SMILES string of the molecule is CCCCC(NC(C)COC)C(=O)O. The van der Waals surface area contributed by atoms with Gasteiger partial charge in [-0.25, -0.2) is 0 Å². The summed E-state index contributed by atoms with van der Waals surface area (Å²) in [7, 11) is 1.61. The average Bonchev–Trinajstić information content (AvgIpc) is 2.12. The van der Waals surface area contributed by atoms with Crippen LogP contribution >= 0.6 is 0 Å². The van der Waals surface area contributed by atoms with Crippen LogP contribution in [0.4, 0.5) is 0 Å². The summed E-state index contributed by atoms with van der Waals surface area (Å²) in [5, 5.41) is 11.9. The first-order valence-electron chi connectivity index (χ1n) is 5.09. The Morgan fingerprint density at radius 2 is 2.21 bits per heavy atom. The predicted molar refractivity (Wildman–Crippen MR) is 55.4 cm³/mol. The van der Waals surface area contributed by atoms with E-state index in [4.69, 9.17) is 9.84 Å². The van der Waals surface area contributed by atoms with Crippen LogP contribution in [0.3, 0.4) is 0 Å². The molecule has 0 aliphatic rings. The predicted octanol–water partition coefficient (Wildman–Crippen LogP) is 1.25. The van der Waals surface area contributed by atoms with E-state index in [1.165, 1.54) is 0 Å². The number of nitrogens with one attached hydrogen (secondary N) is 1. The van der Waals surface area contributed by atoms with Crippen molar-refractivity contribution in [3.8, 4) is 0 Å². The van der Waals surface area contributed by atoms with Gasteiger partial charge >= 0.3 is 5.97 Å². The van der Waals surface area contributed by atoms with E-state index in [0.717, 1.165) is 12.8 Å². The largest absolute Gasteiger partial charge is 0.480 e. The van der Waals surface area contributed by atoms with Gasteiger partial charge in [0.2, 0.25) is 0 Å². The van der Waals surface area contributed by atoms with E-state index in [1.807, 2.05) is 6.92 Å². The highest BCUT2D eigenvalue weighted by Crippen LogP contribution is 2.02. The van der Waals surface area contributed by atoms with Crippen LogP contribution in [-0.2, 0) is 9.53 Å². The minimum Gasteiger partial charge on any atom is -0.480 e. The number of unbranched alkanes of at least 4 members (excludes halogenated alkanes) is 1. The monoisotopic (exact) mass is 203 g/mol. The van der Waals surface area contributed by atoms with Crippen molar-refractivity contribution in [3.63, 3.8) is 0 Å². The lowest BCUT2D eigenvalue weighted by Gasteiger charge is -2.19. The van der Waals surface area contributed by atoms with Crippen molar-refractivity contribution in [1.29, 1.82) is 0 Å². The van der Waals surface area contributed by atoms with E-state index >= 15 is 0 Å². The number of aliphatic carboxylic acids is 1. The Morgan fingerprint density at radius 3 is 2.64 bits per heavy atom. The molecule has 14 heavy (non-hydrogen) atoms. The molecule has 2 N–H and O–H groups in total. The summed E-state index contributed by atoms with van der Waals surface area (Å²) in [6.45, 7) is 4.51. The van der Waals surface area contributed by atoms with Gasteiger partial charge in [0.15, 0.2) is 0 Å². The number of carboxylic acids is 1. The maximum atomic E-state index is 10.8. The van der Waals surface area contributed by atoms with Crippen LogP contribution in [0.5, 0.6) is 0 Å². The third-order valence-corrected chi connectivity index (χ3v) is 2.05. The quantitative estimate of drug-likeness (QED) is 0.623. The van der Waals surface area contributed by atoms with Crippen molar-refractivity contribution < 1.29 is 14.6 Å². The van der Waals surface area contributed by atoms with Gasteiger partial charge in [0.25, 0.3) is 0 Å². The number of carbonyl (C=O) groups is 1. The molecule has 0 fully saturated rings. The zero-order valence-corrected chi connectivity index (χ0v) is 9.25. The summed E-state index contributed by atoms with van der Waals surface area (Å²) >= 11 is 0. The fraction of sp³-hybridized carbons (Fsp3) is 0.900. The Labute approximate surface area is 85.6 Å². The van der Waals surface area contributed by atoms with E-state index in [-0.39, 0.29) is 6.04 Å². The highest BCUT2D eigenvalue weighted by atomic mass is 16.5. The molecule has 0 aromatic rings. The Kier molecular flexibility index (Phi) is 7.42. The van der Waals surface area contributed by atoms with Crippen LogP contribution in [0.15, 0.2) is 0 Å². The van der Waals surface area contributed by atoms with Crippen molar-refractivity contribution in [2.75, 3.05) is 13.7 Å². The molecule has 4 nitrogen and oxygen atoms in total. The molecule has 2 unspecified atom stereocenters. The number of methoxy groups -OCH3 is 1. The summed E-state index contributed by atoms with van der Waals surface area (Å²) in [5.41, 5.74) is 0. The van der Waals surface area contributed by atoms with Crippen LogP contribution in [0.1, 0.15) is 33.1 Å². The lowest BCUT2D eigenvalue weighted by atomic mass is 10.1. The zero-order chi connectivity index (χ0) is 11.0. The smallest absolute Gasteiger partial charge is 0.320 e. The molecule has 0 saturated heterocycles.